The number of aromatic amines is 1. The van der Waals surface area contributed by atoms with Crippen molar-refractivity contribution >= 4 is 96.6 Å². The lowest BCUT2D eigenvalue weighted by atomic mass is 9.86. The Morgan fingerprint density at radius 3 is 2.10 bits per heavy atom. The molecule has 3 heterocycles. The molecule has 0 amide bonds. The van der Waals surface area contributed by atoms with Crippen LogP contribution in [-0.4, -0.2) is 136 Å². The zero-order valence-electron chi connectivity index (χ0n) is 27.2. The van der Waals surface area contributed by atoms with Crippen molar-refractivity contribution < 1.29 is 77.5 Å². The maximum Gasteiger partial charge on any atom is 0.483 e. The van der Waals surface area contributed by atoms with Gasteiger partial charge in [-0.15, -0.1) is 0 Å². The van der Waals surface area contributed by atoms with E-state index in [0.29, 0.717) is 0 Å². The quantitative estimate of drug-likeness (QED) is 0.0750. The Kier molecular flexibility index (Phi) is 25.0. The van der Waals surface area contributed by atoms with Gasteiger partial charge in [-0.2, -0.15) is 85.3 Å². The maximum absolute atomic E-state index is 12.6. The number of aromatic nitrogens is 2. The van der Waals surface area contributed by atoms with Crippen molar-refractivity contribution in [2.75, 3.05) is 13.2 Å². The molecule has 3 aliphatic rings. The minimum Gasteiger partial charge on any atom is -0.392 e. The first kappa shape index (κ1) is 56.7. The normalized spacial score (nSPS) is 34.9. The predicted octanol–water partition coefficient (Wildman–Crippen LogP) is -3.77. The molecule has 11 N–H and O–H groups in total. The fraction of sp³-hybridized carbons (Fsp3) is 0.739. The highest BCUT2D eigenvalue weighted by molar-refractivity contribution is 7.61. The van der Waals surface area contributed by atoms with Crippen LogP contribution in [0, 0.1) is 6.92 Å². The van der Waals surface area contributed by atoms with E-state index in [1.165, 1.54) is 26.1 Å². The van der Waals surface area contributed by atoms with E-state index in [9.17, 15) is 64.3 Å². The van der Waals surface area contributed by atoms with Crippen molar-refractivity contribution in [3.8, 4) is 0 Å². The number of hydrogen-bond acceptors (Lipinski definition) is 17. The van der Waals surface area contributed by atoms with Crippen LogP contribution in [0.4, 0.5) is 0 Å². The lowest BCUT2D eigenvalue weighted by Crippen LogP contribution is -2.66. The fourth-order valence-electron chi connectivity index (χ4n) is 5.22. The van der Waals surface area contributed by atoms with Gasteiger partial charge in [-0.3, -0.25) is 23.4 Å². The van der Waals surface area contributed by atoms with Crippen LogP contribution in [0.15, 0.2) is 27.4 Å². The van der Waals surface area contributed by atoms with E-state index in [1.54, 1.807) is 0 Å². The van der Waals surface area contributed by atoms with Crippen LogP contribution in [0.3, 0.4) is 0 Å². The van der Waals surface area contributed by atoms with Crippen LogP contribution in [0.1, 0.15) is 25.1 Å². The molecule has 2 aliphatic heterocycles. The van der Waals surface area contributed by atoms with E-state index >= 15 is 0 Å². The van der Waals surface area contributed by atoms with Crippen molar-refractivity contribution in [1.29, 1.82) is 0 Å². The highest BCUT2D eigenvalue weighted by atomic mass is 32.1. The van der Waals surface area contributed by atoms with Crippen molar-refractivity contribution in [3.63, 3.8) is 0 Å². The Labute approximate surface area is 338 Å². The van der Waals surface area contributed by atoms with Gasteiger partial charge in [-0.25, -0.2) is 13.9 Å². The first-order valence-electron chi connectivity index (χ1n) is 13.8. The zero-order chi connectivity index (χ0) is 34.3. The lowest BCUT2D eigenvalue weighted by Gasteiger charge is -2.44. The molecule has 0 spiro atoms. The van der Waals surface area contributed by atoms with Gasteiger partial charge in [-0.05, 0) is 19.4 Å². The van der Waals surface area contributed by atoms with Crippen LogP contribution in [-0.2, 0) is 32.0 Å². The van der Waals surface area contributed by atoms with Gasteiger partial charge in [0.1, 0.15) is 42.9 Å². The molecule has 1 aliphatic carbocycles. The number of aliphatic hydroxyl groups is 7. The van der Waals surface area contributed by atoms with E-state index in [-0.39, 0.29) is 98.5 Å². The summed E-state index contributed by atoms with van der Waals surface area (Å²) in [5.41, 5.74) is -1.33. The molecule has 21 nitrogen and oxygen atoms in total. The van der Waals surface area contributed by atoms with Crippen LogP contribution in [0.25, 0.3) is 0 Å². The van der Waals surface area contributed by atoms with Crippen molar-refractivity contribution in [1.82, 2.24) is 14.9 Å². The highest BCUT2D eigenvalue weighted by Gasteiger charge is 2.49. The summed E-state index contributed by atoms with van der Waals surface area (Å²) in [5, 5.41) is 74.0. The third-order valence-corrected chi connectivity index (χ3v) is 10.3. The topological polar surface area (TPSA) is 329 Å². The monoisotopic (exact) mass is 909 g/mol. The summed E-state index contributed by atoms with van der Waals surface area (Å²) in [6.07, 6.45) is -13.6. The first-order chi connectivity index (χ1) is 21.3. The SMILES string of the molecule is Cc1cn(C2C[C@H](O)C(COP(=O)(O)OP(=O)(O)O[C@H]3OC(C)[C@@H](NC4C=C(CO)[C@@H](O)C(O)[C@H]4O)C(O)[C@H]3O)O2)c(=O)[nH]c1=O.S.S.S.S.S.S. The highest BCUT2D eigenvalue weighted by Crippen LogP contribution is 2.61. The number of aryl methyl sites for hydroxylation is 1. The minimum absolute atomic E-state index is 0. The molecule has 8 unspecified atom stereocenters. The molecule has 2 saturated heterocycles. The molecule has 29 heteroatoms. The average molecular weight is 910 g/mol. The fourth-order valence-corrected chi connectivity index (χ4v) is 7.38. The van der Waals surface area contributed by atoms with Gasteiger partial charge >= 0.3 is 21.3 Å². The third-order valence-electron chi connectivity index (χ3n) is 7.74. The Bertz CT molecular complexity index is 1510. The summed E-state index contributed by atoms with van der Waals surface area (Å²) < 4.78 is 50.5. The van der Waals surface area contributed by atoms with Crippen molar-refractivity contribution in [2.45, 2.75) is 93.7 Å². The largest absolute Gasteiger partial charge is 0.483 e. The lowest BCUT2D eigenvalue weighted by molar-refractivity contribution is -0.248. The number of phosphoric ester groups is 2. The third kappa shape index (κ3) is 13.5. The van der Waals surface area contributed by atoms with Crippen LogP contribution in [0.5, 0.6) is 0 Å². The standard InChI is InChI=1S/C23H37N3O18P2.6H2S/c1-8-5-26(23(35)25-21(8)34)14-4-12(28)13(42-14)7-40-45(36,37)44-46(38,39)43-22-20(33)18(31)15(9(2)41-22)24-11-3-10(6-27)16(29)19(32)17(11)30;;;;;;/h3,5,9,11-20,22,24,27-33H,4,6-7H2,1-2H3,(H,36,37)(H,38,39)(H,25,34,35);6*1H2/t9?,11?,12-,13?,14?,15+,16+,17-,18?,19?,20+,22+;;;;;;/m0....../s1. The van der Waals surface area contributed by atoms with E-state index in [0.717, 1.165) is 4.57 Å². The number of aliphatic hydroxyl groups excluding tert-OH is 7. The number of nitrogens with zero attached hydrogens (tertiary/aromatic N) is 1. The second kappa shape index (κ2) is 23.0. The van der Waals surface area contributed by atoms with Gasteiger partial charge in [0.05, 0.1) is 37.5 Å². The smallest absolute Gasteiger partial charge is 0.392 e. The van der Waals surface area contributed by atoms with Crippen LogP contribution in [0.2, 0.25) is 0 Å². The Hall–Kier alpha value is 0.380. The molecule has 0 radical (unpaired) electrons. The van der Waals surface area contributed by atoms with Crippen LogP contribution < -0.4 is 16.6 Å². The van der Waals surface area contributed by atoms with E-state index in [1.807, 2.05) is 0 Å². The minimum atomic E-state index is -5.59. The van der Waals surface area contributed by atoms with Gasteiger partial charge < -0.3 is 60.3 Å². The number of H-pyrrole nitrogens is 1. The summed E-state index contributed by atoms with van der Waals surface area (Å²) >= 11 is 0. The van der Waals surface area contributed by atoms with Gasteiger partial charge in [0.25, 0.3) is 5.56 Å². The van der Waals surface area contributed by atoms with E-state index in [4.69, 9.17) is 14.0 Å². The number of phosphoric acid groups is 2. The van der Waals surface area contributed by atoms with Gasteiger partial charge in [0.2, 0.25) is 0 Å². The molecule has 0 saturated carbocycles. The molecule has 310 valence electrons. The molecule has 52 heavy (non-hydrogen) atoms. The second-order valence-electron chi connectivity index (χ2n) is 11.1. The molecular weight excluding hydrogens is 861 g/mol. The summed E-state index contributed by atoms with van der Waals surface area (Å²) in [6.45, 7) is 1.22. The number of nitrogens with one attached hydrogen (secondary N) is 2. The van der Waals surface area contributed by atoms with Crippen molar-refractivity contribution in [3.05, 3.63) is 44.2 Å². The molecule has 2 fully saturated rings. The molecule has 1 aromatic rings. The van der Waals surface area contributed by atoms with Crippen molar-refractivity contribution in [2.24, 2.45) is 0 Å². The molecule has 0 bridgehead atoms. The number of hydrogen-bond donors (Lipinski definition) is 11. The summed E-state index contributed by atoms with van der Waals surface area (Å²) in [4.78, 5) is 45.9. The van der Waals surface area contributed by atoms with Crippen LogP contribution >= 0.6 is 96.6 Å². The molecular formula is C23H49N3O18P2S6. The summed E-state index contributed by atoms with van der Waals surface area (Å²) in [5.74, 6) is 0. The van der Waals surface area contributed by atoms with Gasteiger partial charge in [0, 0.05) is 18.2 Å². The molecule has 1 aromatic heterocycles. The molecule has 14 atom stereocenters. The Morgan fingerprint density at radius 2 is 1.52 bits per heavy atom. The number of rotatable bonds is 11. The maximum atomic E-state index is 12.6. The van der Waals surface area contributed by atoms with Gasteiger partial charge in [0.15, 0.2) is 6.29 Å². The number of ether oxygens (including phenoxy) is 2. The zero-order valence-corrected chi connectivity index (χ0v) is 35.0. The predicted molar refractivity (Wildman–Crippen MR) is 211 cm³/mol. The van der Waals surface area contributed by atoms with E-state index in [2.05, 4.69) is 19.1 Å². The summed E-state index contributed by atoms with van der Waals surface area (Å²) in [7, 11) is -11.0. The average Bonchev–Trinajstić information content (AvgIpc) is 3.33. The van der Waals surface area contributed by atoms with Gasteiger partial charge in [-0.1, -0.05) is 6.08 Å². The first-order valence-corrected chi connectivity index (χ1v) is 16.8. The molecule has 4 rings (SSSR count). The second-order valence-corrected chi connectivity index (χ2v) is 14.1. The molecule has 0 aromatic carbocycles. The Balaban J connectivity index is -0.00000400. The summed E-state index contributed by atoms with van der Waals surface area (Å²) in [6, 6.07) is -2.38. The van der Waals surface area contributed by atoms with E-state index < -0.39 is 114 Å². The Morgan fingerprint density at radius 1 is 0.923 bits per heavy atom.